The molecule has 1 aliphatic heterocycles. The van der Waals surface area contributed by atoms with Crippen molar-refractivity contribution >= 4 is 5.95 Å². The number of halogens is 1. The fourth-order valence-corrected chi connectivity index (χ4v) is 3.21. The number of aliphatic hydroxyl groups is 1. The van der Waals surface area contributed by atoms with E-state index in [9.17, 15) is 9.50 Å². The van der Waals surface area contributed by atoms with E-state index in [-0.39, 0.29) is 17.8 Å². The summed E-state index contributed by atoms with van der Waals surface area (Å²) < 4.78 is 14.0. The fraction of sp³-hybridized carbons (Fsp3) is 0.412. The van der Waals surface area contributed by atoms with E-state index in [4.69, 9.17) is 0 Å². The van der Waals surface area contributed by atoms with Gasteiger partial charge in [0.25, 0.3) is 0 Å². The number of aromatic nitrogens is 2. The van der Waals surface area contributed by atoms with Gasteiger partial charge in [0.05, 0.1) is 6.61 Å². The molecule has 22 heavy (non-hydrogen) atoms. The van der Waals surface area contributed by atoms with Crippen LogP contribution in [0, 0.1) is 11.2 Å². The molecule has 2 heterocycles. The molecule has 5 heteroatoms. The minimum atomic E-state index is -0.348. The van der Waals surface area contributed by atoms with Gasteiger partial charge in [0.15, 0.2) is 0 Å². The van der Waals surface area contributed by atoms with E-state index < -0.39 is 0 Å². The Morgan fingerprint density at radius 3 is 2.68 bits per heavy atom. The van der Waals surface area contributed by atoms with Crippen LogP contribution in [0.25, 0.3) is 0 Å². The summed E-state index contributed by atoms with van der Waals surface area (Å²) in [4.78, 5) is 10.7. The third-order valence-electron chi connectivity index (χ3n) is 4.36. The molecule has 0 radical (unpaired) electrons. The first-order valence-corrected chi connectivity index (χ1v) is 7.59. The Hall–Kier alpha value is -2.01. The van der Waals surface area contributed by atoms with Gasteiger partial charge in [-0.05, 0) is 37.0 Å². The molecule has 116 valence electrons. The Morgan fingerprint density at radius 2 is 1.95 bits per heavy atom. The molecule has 2 aromatic rings. The molecule has 1 N–H and O–H groups in total. The number of piperidine rings is 1. The maximum Gasteiger partial charge on any atom is 0.225 e. The van der Waals surface area contributed by atoms with Crippen molar-refractivity contribution in [2.45, 2.75) is 19.3 Å². The second kappa shape index (κ2) is 6.40. The predicted molar refractivity (Wildman–Crippen MR) is 83.1 cm³/mol. The highest BCUT2D eigenvalue weighted by Gasteiger charge is 2.36. The van der Waals surface area contributed by atoms with Crippen molar-refractivity contribution in [1.29, 1.82) is 0 Å². The minimum absolute atomic E-state index is 0.0324. The largest absolute Gasteiger partial charge is 0.396 e. The van der Waals surface area contributed by atoms with Gasteiger partial charge in [-0.1, -0.05) is 18.2 Å². The van der Waals surface area contributed by atoms with Gasteiger partial charge < -0.3 is 10.0 Å². The maximum atomic E-state index is 14.0. The topological polar surface area (TPSA) is 49.2 Å². The summed E-state index contributed by atoms with van der Waals surface area (Å²) in [5.74, 6) is 0.469. The second-order valence-corrected chi connectivity index (χ2v) is 6.00. The van der Waals surface area contributed by atoms with E-state index in [0.29, 0.717) is 24.5 Å². The molecule has 1 aliphatic rings. The standard InChI is InChI=1S/C17H20FN3O/c18-15-6-2-1-5-14(15)11-17(13-22)7-3-10-21(12-17)16-19-8-4-9-20-16/h1-2,4-6,8-9,22H,3,7,10-13H2/t17-/m0/s1. The van der Waals surface area contributed by atoms with Gasteiger partial charge >= 0.3 is 0 Å². The van der Waals surface area contributed by atoms with Crippen LogP contribution in [0.5, 0.6) is 0 Å². The van der Waals surface area contributed by atoms with E-state index in [0.717, 1.165) is 19.4 Å². The van der Waals surface area contributed by atoms with Crippen molar-refractivity contribution in [3.63, 3.8) is 0 Å². The lowest BCUT2D eigenvalue weighted by Gasteiger charge is -2.42. The monoisotopic (exact) mass is 301 g/mol. The van der Waals surface area contributed by atoms with Gasteiger partial charge in [0, 0.05) is 30.9 Å². The molecule has 0 unspecified atom stereocenters. The van der Waals surface area contributed by atoms with Gasteiger partial charge in [-0.15, -0.1) is 0 Å². The second-order valence-electron chi connectivity index (χ2n) is 6.00. The summed E-state index contributed by atoms with van der Waals surface area (Å²) in [5, 5.41) is 9.97. The van der Waals surface area contributed by atoms with Gasteiger partial charge in [0.1, 0.15) is 5.82 Å². The Labute approximate surface area is 129 Å². The van der Waals surface area contributed by atoms with Gasteiger partial charge in [-0.3, -0.25) is 0 Å². The van der Waals surface area contributed by atoms with E-state index in [1.165, 1.54) is 6.07 Å². The molecule has 0 aliphatic carbocycles. The van der Waals surface area contributed by atoms with E-state index in [2.05, 4.69) is 14.9 Å². The highest BCUT2D eigenvalue weighted by atomic mass is 19.1. The summed E-state index contributed by atoms with van der Waals surface area (Å²) >= 11 is 0. The summed E-state index contributed by atoms with van der Waals surface area (Å²) in [5.41, 5.74) is 0.312. The van der Waals surface area contributed by atoms with Crippen LogP contribution >= 0.6 is 0 Å². The summed E-state index contributed by atoms with van der Waals surface area (Å²) in [6.07, 6.45) is 5.77. The van der Waals surface area contributed by atoms with Crippen molar-refractivity contribution in [1.82, 2.24) is 9.97 Å². The van der Waals surface area contributed by atoms with Crippen LogP contribution in [0.3, 0.4) is 0 Å². The predicted octanol–water partition coefficient (Wildman–Crippen LogP) is 2.44. The van der Waals surface area contributed by atoms with Crippen molar-refractivity contribution < 1.29 is 9.50 Å². The number of nitrogens with zero attached hydrogens (tertiary/aromatic N) is 3. The third-order valence-corrected chi connectivity index (χ3v) is 4.36. The summed E-state index contributed by atoms with van der Waals surface area (Å²) in [6, 6.07) is 8.58. The first kappa shape index (κ1) is 14.9. The minimum Gasteiger partial charge on any atom is -0.396 e. The molecule has 1 aromatic heterocycles. The number of aliphatic hydroxyl groups excluding tert-OH is 1. The molecule has 4 nitrogen and oxygen atoms in total. The average molecular weight is 301 g/mol. The molecule has 0 saturated carbocycles. The number of hydrogen-bond acceptors (Lipinski definition) is 4. The average Bonchev–Trinajstić information content (AvgIpc) is 2.58. The fourth-order valence-electron chi connectivity index (χ4n) is 3.21. The van der Waals surface area contributed by atoms with Crippen LogP contribution in [0.4, 0.5) is 10.3 Å². The number of rotatable bonds is 4. The van der Waals surface area contributed by atoms with Crippen LogP contribution in [0.15, 0.2) is 42.7 Å². The molecule has 1 saturated heterocycles. The number of anilines is 1. The summed E-state index contributed by atoms with van der Waals surface area (Å²) in [6.45, 7) is 1.54. The molecule has 1 atom stereocenters. The summed E-state index contributed by atoms with van der Waals surface area (Å²) in [7, 11) is 0. The molecule has 0 bridgehead atoms. The van der Waals surface area contributed by atoms with Crippen molar-refractivity contribution in [2.24, 2.45) is 5.41 Å². The number of benzene rings is 1. The highest BCUT2D eigenvalue weighted by molar-refractivity contribution is 5.31. The smallest absolute Gasteiger partial charge is 0.225 e. The SMILES string of the molecule is OC[C@]1(Cc2ccccc2F)CCCN(c2ncccn2)C1. The molecule has 1 aromatic carbocycles. The van der Waals surface area contributed by atoms with E-state index >= 15 is 0 Å². The molecule has 3 rings (SSSR count). The van der Waals surface area contributed by atoms with Crippen LogP contribution in [0.1, 0.15) is 18.4 Å². The van der Waals surface area contributed by atoms with Crippen LogP contribution in [-0.2, 0) is 6.42 Å². The Morgan fingerprint density at radius 1 is 1.18 bits per heavy atom. The Bertz CT molecular complexity index is 622. The lowest BCUT2D eigenvalue weighted by atomic mass is 9.75. The van der Waals surface area contributed by atoms with Crippen molar-refractivity contribution in [3.8, 4) is 0 Å². The van der Waals surface area contributed by atoms with E-state index in [1.807, 2.05) is 6.07 Å². The highest BCUT2D eigenvalue weighted by Crippen LogP contribution is 2.35. The lowest BCUT2D eigenvalue weighted by Crippen LogP contribution is -2.47. The van der Waals surface area contributed by atoms with E-state index in [1.54, 1.807) is 30.6 Å². The van der Waals surface area contributed by atoms with Gasteiger partial charge in [-0.2, -0.15) is 0 Å². The number of hydrogen-bond donors (Lipinski definition) is 1. The van der Waals surface area contributed by atoms with Crippen LogP contribution in [-0.4, -0.2) is 34.8 Å². The quantitative estimate of drug-likeness (QED) is 0.942. The Kier molecular flexibility index (Phi) is 4.34. The van der Waals surface area contributed by atoms with Gasteiger partial charge in [-0.25, -0.2) is 14.4 Å². The maximum absolute atomic E-state index is 14.0. The molecular weight excluding hydrogens is 281 g/mol. The van der Waals surface area contributed by atoms with Crippen LogP contribution in [0.2, 0.25) is 0 Å². The normalized spacial score (nSPS) is 21.8. The van der Waals surface area contributed by atoms with Crippen molar-refractivity contribution in [2.75, 3.05) is 24.6 Å². The zero-order valence-corrected chi connectivity index (χ0v) is 12.5. The van der Waals surface area contributed by atoms with Crippen molar-refractivity contribution in [3.05, 3.63) is 54.1 Å². The zero-order valence-electron chi connectivity index (χ0n) is 12.5. The molecular formula is C17H20FN3O. The third kappa shape index (κ3) is 3.09. The Balaban J connectivity index is 1.82. The zero-order chi connectivity index (χ0) is 15.4. The first-order valence-electron chi connectivity index (χ1n) is 7.59. The molecule has 0 spiro atoms. The van der Waals surface area contributed by atoms with Gasteiger partial charge in [0.2, 0.25) is 5.95 Å². The first-order chi connectivity index (χ1) is 10.7. The van der Waals surface area contributed by atoms with Crippen LogP contribution < -0.4 is 4.90 Å². The molecule has 0 amide bonds. The molecule has 1 fully saturated rings. The lowest BCUT2D eigenvalue weighted by molar-refractivity contribution is 0.104.